The quantitative estimate of drug-likeness (QED) is 0.582. The molecule has 1 atom stereocenters. The van der Waals surface area contributed by atoms with Gasteiger partial charge < -0.3 is 0 Å². The van der Waals surface area contributed by atoms with E-state index >= 15 is 0 Å². The Morgan fingerprint density at radius 3 is 2.21 bits per heavy atom. The molecule has 0 unspecified atom stereocenters. The number of amides is 1. The third-order valence-electron chi connectivity index (χ3n) is 4.73. The zero-order chi connectivity index (χ0) is 20.5. The van der Waals surface area contributed by atoms with E-state index in [4.69, 9.17) is 5.21 Å². The maximum absolute atomic E-state index is 13.2. The van der Waals surface area contributed by atoms with Crippen LogP contribution >= 0.6 is 11.8 Å². The highest BCUT2D eigenvalue weighted by Gasteiger charge is 2.48. The minimum absolute atomic E-state index is 0.0526. The first kappa shape index (κ1) is 20.8. The lowest BCUT2D eigenvalue weighted by Gasteiger charge is -2.43. The number of hydrogen-bond donors (Lipinski definition) is 2. The molecular weight excluding hydrogens is 403 g/mol. The number of carbonyl (C=O) groups excluding carboxylic acids is 1. The van der Waals surface area contributed by atoms with Crippen LogP contribution in [0.3, 0.4) is 0 Å². The molecule has 1 fully saturated rings. The Morgan fingerprint density at radius 2 is 1.68 bits per heavy atom. The summed E-state index contributed by atoms with van der Waals surface area (Å²) in [7, 11) is -3.95. The molecule has 1 amide bonds. The second-order valence-electron chi connectivity index (χ2n) is 6.98. The van der Waals surface area contributed by atoms with Gasteiger partial charge in [0.1, 0.15) is 11.9 Å². The maximum Gasteiger partial charge on any atom is 0.263 e. The summed E-state index contributed by atoms with van der Waals surface area (Å²) in [5.41, 5.74) is 3.10. The predicted molar refractivity (Wildman–Crippen MR) is 106 cm³/mol. The lowest BCUT2D eigenvalue weighted by atomic mass is 10.0. The van der Waals surface area contributed by atoms with Gasteiger partial charge >= 0.3 is 0 Å². The van der Waals surface area contributed by atoms with Crippen molar-refractivity contribution < 1.29 is 22.8 Å². The third kappa shape index (κ3) is 3.93. The van der Waals surface area contributed by atoms with Crippen molar-refractivity contribution in [2.75, 3.05) is 12.3 Å². The molecule has 0 aromatic heterocycles. The van der Waals surface area contributed by atoms with Crippen molar-refractivity contribution in [3.8, 4) is 11.1 Å². The summed E-state index contributed by atoms with van der Waals surface area (Å²) in [6.45, 7) is 3.71. The second kappa shape index (κ2) is 7.82. The third-order valence-corrected chi connectivity index (χ3v) is 7.96. The van der Waals surface area contributed by atoms with Crippen LogP contribution in [0.5, 0.6) is 0 Å². The van der Waals surface area contributed by atoms with E-state index in [1.807, 2.05) is 0 Å². The van der Waals surface area contributed by atoms with E-state index in [2.05, 4.69) is 0 Å². The van der Waals surface area contributed by atoms with E-state index in [1.54, 1.807) is 43.6 Å². The largest absolute Gasteiger partial charge is 0.289 e. The predicted octanol–water partition coefficient (Wildman–Crippen LogP) is 2.88. The van der Waals surface area contributed by atoms with Crippen LogP contribution in [0.25, 0.3) is 11.1 Å². The van der Waals surface area contributed by atoms with Gasteiger partial charge in [0.15, 0.2) is 0 Å². The standard InChI is InChI=1S/C19H21FN2O4S2/c1-19(2)17(18(23)21-24)22(11-12-27-19)28(25,26)16-9-5-14(6-10-16)13-3-7-15(20)8-4-13/h3-10,17,24H,11-12H2,1-2H3,(H,21,23)/t17-/m0/s1. The molecule has 2 aromatic carbocycles. The fourth-order valence-corrected chi connectivity index (χ4v) is 6.42. The average Bonchev–Trinajstić information content (AvgIpc) is 2.67. The van der Waals surface area contributed by atoms with Crippen molar-refractivity contribution in [1.29, 1.82) is 0 Å². The molecule has 6 nitrogen and oxygen atoms in total. The molecule has 2 N–H and O–H groups in total. The van der Waals surface area contributed by atoms with E-state index in [0.29, 0.717) is 5.75 Å². The minimum Gasteiger partial charge on any atom is -0.289 e. The number of rotatable bonds is 4. The highest BCUT2D eigenvalue weighted by Crippen LogP contribution is 2.38. The van der Waals surface area contributed by atoms with Gasteiger partial charge in [-0.05, 0) is 49.2 Å². The molecule has 0 aliphatic carbocycles. The van der Waals surface area contributed by atoms with Crippen LogP contribution in [0.15, 0.2) is 53.4 Å². The highest BCUT2D eigenvalue weighted by molar-refractivity contribution is 8.00. The molecule has 0 spiro atoms. The zero-order valence-electron chi connectivity index (χ0n) is 15.4. The number of hydroxylamine groups is 1. The van der Waals surface area contributed by atoms with E-state index in [9.17, 15) is 17.6 Å². The normalized spacial score (nSPS) is 19.9. The van der Waals surface area contributed by atoms with Crippen molar-refractivity contribution in [3.05, 3.63) is 54.3 Å². The molecule has 3 rings (SSSR count). The smallest absolute Gasteiger partial charge is 0.263 e. The van der Waals surface area contributed by atoms with Crippen molar-refractivity contribution >= 4 is 27.7 Å². The summed E-state index contributed by atoms with van der Waals surface area (Å²) in [5.74, 6) is -0.569. The van der Waals surface area contributed by atoms with Gasteiger partial charge in [-0.2, -0.15) is 16.1 Å². The van der Waals surface area contributed by atoms with Crippen molar-refractivity contribution in [1.82, 2.24) is 9.79 Å². The van der Waals surface area contributed by atoms with Crippen LogP contribution in [0.4, 0.5) is 4.39 Å². The summed E-state index contributed by atoms with van der Waals surface area (Å²) in [5, 5.41) is 9.10. The number of nitrogens with zero attached hydrogens (tertiary/aromatic N) is 1. The SMILES string of the molecule is CC1(C)SCCN(S(=O)(=O)c2ccc(-c3ccc(F)cc3)cc2)[C@H]1C(=O)NO. The molecule has 2 aromatic rings. The monoisotopic (exact) mass is 424 g/mol. The maximum atomic E-state index is 13.2. The fourth-order valence-electron chi connectivity index (χ4n) is 3.32. The first-order valence-electron chi connectivity index (χ1n) is 8.62. The van der Waals surface area contributed by atoms with E-state index in [0.717, 1.165) is 15.4 Å². The van der Waals surface area contributed by atoms with Gasteiger partial charge in [0.05, 0.1) is 4.90 Å². The molecular formula is C19H21FN2O4S2. The van der Waals surface area contributed by atoms with Gasteiger partial charge in [0, 0.05) is 17.0 Å². The van der Waals surface area contributed by atoms with Gasteiger partial charge in [-0.1, -0.05) is 24.3 Å². The summed E-state index contributed by atoms with van der Waals surface area (Å²) in [6.07, 6.45) is 0. The molecule has 1 saturated heterocycles. The topological polar surface area (TPSA) is 86.7 Å². The van der Waals surface area contributed by atoms with Gasteiger partial charge in [0.2, 0.25) is 10.0 Å². The molecule has 0 radical (unpaired) electrons. The van der Waals surface area contributed by atoms with Crippen LogP contribution in [-0.4, -0.2) is 46.9 Å². The number of nitrogens with one attached hydrogen (secondary N) is 1. The number of sulfonamides is 1. The summed E-state index contributed by atoms with van der Waals surface area (Å²) in [6, 6.07) is 11.1. The van der Waals surface area contributed by atoms with Crippen molar-refractivity contribution in [2.24, 2.45) is 0 Å². The van der Waals surface area contributed by atoms with E-state index in [-0.39, 0.29) is 17.3 Å². The van der Waals surface area contributed by atoms with Crippen LogP contribution in [0.2, 0.25) is 0 Å². The Morgan fingerprint density at radius 1 is 1.14 bits per heavy atom. The first-order valence-corrected chi connectivity index (χ1v) is 11.0. The Labute approximate surface area is 167 Å². The molecule has 150 valence electrons. The summed E-state index contributed by atoms with van der Waals surface area (Å²) in [4.78, 5) is 12.3. The molecule has 1 aliphatic rings. The Balaban J connectivity index is 1.95. The van der Waals surface area contributed by atoms with Gasteiger partial charge in [0.25, 0.3) is 5.91 Å². The summed E-state index contributed by atoms with van der Waals surface area (Å²) >= 11 is 1.48. The zero-order valence-corrected chi connectivity index (χ0v) is 17.1. The number of thioether (sulfide) groups is 1. The number of benzene rings is 2. The van der Waals surface area contributed by atoms with Crippen molar-refractivity contribution in [2.45, 2.75) is 29.5 Å². The van der Waals surface area contributed by atoms with Gasteiger partial charge in [-0.3, -0.25) is 10.0 Å². The van der Waals surface area contributed by atoms with Crippen LogP contribution in [0, 0.1) is 5.82 Å². The summed E-state index contributed by atoms with van der Waals surface area (Å²) < 4.78 is 39.9. The average molecular weight is 425 g/mol. The minimum atomic E-state index is -3.95. The molecule has 9 heteroatoms. The number of hydrogen-bond acceptors (Lipinski definition) is 5. The highest BCUT2D eigenvalue weighted by atomic mass is 32.2. The molecule has 0 bridgehead atoms. The van der Waals surface area contributed by atoms with E-state index in [1.165, 1.54) is 36.0 Å². The number of carbonyl (C=O) groups is 1. The second-order valence-corrected chi connectivity index (χ2v) is 10.6. The van der Waals surface area contributed by atoms with Crippen LogP contribution in [0.1, 0.15) is 13.8 Å². The first-order chi connectivity index (χ1) is 13.2. The molecule has 28 heavy (non-hydrogen) atoms. The lowest BCUT2D eigenvalue weighted by Crippen LogP contribution is -2.61. The van der Waals surface area contributed by atoms with Crippen LogP contribution in [-0.2, 0) is 14.8 Å². The number of halogens is 1. The van der Waals surface area contributed by atoms with Crippen LogP contribution < -0.4 is 5.48 Å². The Bertz CT molecular complexity index is 960. The van der Waals surface area contributed by atoms with E-state index < -0.39 is 26.7 Å². The van der Waals surface area contributed by atoms with Gasteiger partial charge in [-0.25, -0.2) is 18.3 Å². The Hall–Kier alpha value is -1.94. The fraction of sp³-hybridized carbons (Fsp3) is 0.316. The molecule has 1 aliphatic heterocycles. The lowest BCUT2D eigenvalue weighted by molar-refractivity contribution is -0.134. The molecule has 1 heterocycles. The Kier molecular flexibility index (Phi) is 5.81. The van der Waals surface area contributed by atoms with Crippen molar-refractivity contribution in [3.63, 3.8) is 0 Å². The molecule has 0 saturated carbocycles. The van der Waals surface area contributed by atoms with Gasteiger partial charge in [-0.15, -0.1) is 0 Å².